The zero-order valence-electron chi connectivity index (χ0n) is 10.2. The van der Waals surface area contributed by atoms with E-state index in [-0.39, 0.29) is 0 Å². The van der Waals surface area contributed by atoms with Crippen molar-refractivity contribution in [3.05, 3.63) is 16.5 Å². The third kappa shape index (κ3) is 2.88. The first-order valence-electron chi connectivity index (χ1n) is 5.79. The molecule has 0 amide bonds. The van der Waals surface area contributed by atoms with Crippen LogP contribution in [0.25, 0.3) is 0 Å². The molecule has 1 aromatic heterocycles. The first kappa shape index (κ1) is 14.3. The number of hydrogen-bond acceptors (Lipinski definition) is 4. The van der Waals surface area contributed by atoms with Crippen LogP contribution < -0.4 is 0 Å². The van der Waals surface area contributed by atoms with Gasteiger partial charge >= 0.3 is 0 Å². The van der Waals surface area contributed by atoms with Crippen LogP contribution in [0.15, 0.2) is 10.3 Å². The quantitative estimate of drug-likeness (QED) is 0.804. The minimum absolute atomic E-state index is 0.356. The molecule has 0 radical (unpaired) electrons. The minimum Gasteiger partial charge on any atom is -0.380 e. The Labute approximate surface area is 117 Å². The summed E-state index contributed by atoms with van der Waals surface area (Å²) in [6.07, 6.45) is 0.742. The van der Waals surface area contributed by atoms with Crippen LogP contribution in [0.4, 0.5) is 0 Å². The Balaban J connectivity index is 2.28. The SMILES string of the molecule is Cc1cc(S(=O)(=O)N2CCCOCC2)sc1CCl. The fraction of sp³-hybridized carbons (Fsp3) is 0.636. The van der Waals surface area contributed by atoms with E-state index in [0.717, 1.165) is 16.9 Å². The van der Waals surface area contributed by atoms with Gasteiger partial charge in [0.15, 0.2) is 0 Å². The fourth-order valence-electron chi connectivity index (χ4n) is 1.84. The van der Waals surface area contributed by atoms with Crippen LogP contribution in [-0.2, 0) is 20.6 Å². The zero-order chi connectivity index (χ0) is 13.2. The molecule has 2 rings (SSSR count). The monoisotopic (exact) mass is 309 g/mol. The van der Waals surface area contributed by atoms with Crippen molar-refractivity contribution in [2.45, 2.75) is 23.4 Å². The highest BCUT2D eigenvalue weighted by atomic mass is 35.5. The number of sulfonamides is 1. The lowest BCUT2D eigenvalue weighted by Crippen LogP contribution is -2.32. The summed E-state index contributed by atoms with van der Waals surface area (Å²) in [5, 5.41) is 0. The zero-order valence-corrected chi connectivity index (χ0v) is 12.6. The van der Waals surface area contributed by atoms with Gasteiger partial charge in [0.25, 0.3) is 10.0 Å². The van der Waals surface area contributed by atoms with Gasteiger partial charge in [0.05, 0.1) is 12.5 Å². The van der Waals surface area contributed by atoms with E-state index in [1.165, 1.54) is 15.6 Å². The van der Waals surface area contributed by atoms with Gasteiger partial charge in [-0.1, -0.05) is 0 Å². The number of aryl methyl sites for hydroxylation is 1. The van der Waals surface area contributed by atoms with Gasteiger partial charge in [0.2, 0.25) is 0 Å². The maximum Gasteiger partial charge on any atom is 0.252 e. The second-order valence-corrected chi connectivity index (χ2v) is 7.74. The van der Waals surface area contributed by atoms with Crippen molar-refractivity contribution >= 4 is 33.0 Å². The average molecular weight is 310 g/mol. The molecule has 1 saturated heterocycles. The van der Waals surface area contributed by atoms with Crippen molar-refractivity contribution in [3.8, 4) is 0 Å². The van der Waals surface area contributed by atoms with E-state index in [9.17, 15) is 8.42 Å². The Morgan fingerprint density at radius 3 is 2.89 bits per heavy atom. The minimum atomic E-state index is -3.38. The summed E-state index contributed by atoms with van der Waals surface area (Å²) in [5.74, 6) is 0.356. The van der Waals surface area contributed by atoms with Crippen LogP contribution in [0, 0.1) is 6.92 Å². The van der Waals surface area contributed by atoms with Crippen molar-refractivity contribution in [3.63, 3.8) is 0 Å². The van der Waals surface area contributed by atoms with Gasteiger partial charge in [0, 0.05) is 24.6 Å². The van der Waals surface area contributed by atoms with Gasteiger partial charge in [-0.15, -0.1) is 22.9 Å². The van der Waals surface area contributed by atoms with Crippen molar-refractivity contribution in [2.24, 2.45) is 0 Å². The molecule has 102 valence electrons. The van der Waals surface area contributed by atoms with Crippen LogP contribution in [0.2, 0.25) is 0 Å². The lowest BCUT2D eigenvalue weighted by Gasteiger charge is -2.17. The van der Waals surface area contributed by atoms with E-state index in [1.54, 1.807) is 6.07 Å². The maximum atomic E-state index is 12.5. The molecule has 0 N–H and O–H groups in total. The number of nitrogens with zero attached hydrogens (tertiary/aromatic N) is 1. The summed E-state index contributed by atoms with van der Waals surface area (Å²) in [6.45, 7) is 3.93. The van der Waals surface area contributed by atoms with Crippen LogP contribution in [0.1, 0.15) is 16.9 Å². The third-order valence-corrected chi connectivity index (χ3v) is 6.91. The van der Waals surface area contributed by atoms with Crippen molar-refractivity contribution in [1.29, 1.82) is 0 Å². The normalized spacial score (nSPS) is 18.8. The molecule has 0 bridgehead atoms. The Kier molecular flexibility index (Phi) is 4.66. The van der Waals surface area contributed by atoms with E-state index < -0.39 is 10.0 Å². The Morgan fingerprint density at radius 1 is 1.44 bits per heavy atom. The Bertz CT molecular complexity index is 504. The molecule has 4 nitrogen and oxygen atoms in total. The molecule has 0 saturated carbocycles. The molecular formula is C11H16ClNO3S2. The number of hydrogen-bond donors (Lipinski definition) is 0. The van der Waals surface area contributed by atoms with Gasteiger partial charge in [-0.2, -0.15) is 4.31 Å². The maximum absolute atomic E-state index is 12.5. The molecule has 0 spiro atoms. The lowest BCUT2D eigenvalue weighted by molar-refractivity contribution is 0.148. The molecule has 0 aromatic carbocycles. The predicted octanol–water partition coefficient (Wildman–Crippen LogP) is 2.21. The molecule has 1 aliphatic rings. The Morgan fingerprint density at radius 2 is 2.22 bits per heavy atom. The highest BCUT2D eigenvalue weighted by Gasteiger charge is 2.27. The lowest BCUT2D eigenvalue weighted by atomic mass is 10.3. The van der Waals surface area contributed by atoms with Crippen LogP contribution in [-0.4, -0.2) is 39.0 Å². The molecule has 2 heterocycles. The van der Waals surface area contributed by atoms with Crippen LogP contribution >= 0.6 is 22.9 Å². The van der Waals surface area contributed by atoms with Gasteiger partial charge in [-0.25, -0.2) is 8.42 Å². The van der Waals surface area contributed by atoms with Crippen LogP contribution in [0.3, 0.4) is 0 Å². The summed E-state index contributed by atoms with van der Waals surface area (Å²) in [6, 6.07) is 1.71. The molecule has 0 atom stereocenters. The second-order valence-electron chi connectivity index (χ2n) is 4.18. The van der Waals surface area contributed by atoms with Crippen molar-refractivity contribution in [1.82, 2.24) is 4.31 Å². The molecule has 18 heavy (non-hydrogen) atoms. The summed E-state index contributed by atoms with van der Waals surface area (Å²) in [5.41, 5.74) is 0.944. The van der Waals surface area contributed by atoms with E-state index in [2.05, 4.69) is 0 Å². The molecule has 0 aliphatic carbocycles. The van der Waals surface area contributed by atoms with E-state index >= 15 is 0 Å². The molecule has 0 unspecified atom stereocenters. The predicted molar refractivity (Wildman–Crippen MR) is 72.8 cm³/mol. The standard InChI is InChI=1S/C11H16ClNO3S2/c1-9-7-11(17-10(9)8-12)18(14,15)13-3-2-5-16-6-4-13/h7H,2-6,8H2,1H3. The molecule has 1 fully saturated rings. The summed E-state index contributed by atoms with van der Waals surface area (Å²) in [7, 11) is -3.38. The topological polar surface area (TPSA) is 46.6 Å². The van der Waals surface area contributed by atoms with Crippen LogP contribution in [0.5, 0.6) is 0 Å². The van der Waals surface area contributed by atoms with Gasteiger partial charge in [-0.3, -0.25) is 0 Å². The first-order chi connectivity index (χ1) is 8.55. The van der Waals surface area contributed by atoms with E-state index in [1.807, 2.05) is 6.92 Å². The highest BCUT2D eigenvalue weighted by molar-refractivity contribution is 7.91. The van der Waals surface area contributed by atoms with Crippen molar-refractivity contribution in [2.75, 3.05) is 26.3 Å². The van der Waals surface area contributed by atoms with Gasteiger partial charge in [-0.05, 0) is 25.0 Å². The number of halogens is 1. The van der Waals surface area contributed by atoms with Gasteiger partial charge < -0.3 is 4.74 Å². The number of rotatable bonds is 3. The molecule has 1 aromatic rings. The summed E-state index contributed by atoms with van der Waals surface area (Å²) < 4.78 is 32.1. The summed E-state index contributed by atoms with van der Waals surface area (Å²) in [4.78, 5) is 0.918. The average Bonchev–Trinajstić information content (AvgIpc) is 2.55. The first-order valence-corrected chi connectivity index (χ1v) is 8.58. The van der Waals surface area contributed by atoms with Gasteiger partial charge in [0.1, 0.15) is 4.21 Å². The van der Waals surface area contributed by atoms with E-state index in [0.29, 0.717) is 36.4 Å². The van der Waals surface area contributed by atoms with Crippen molar-refractivity contribution < 1.29 is 13.2 Å². The smallest absolute Gasteiger partial charge is 0.252 e. The van der Waals surface area contributed by atoms with E-state index in [4.69, 9.17) is 16.3 Å². The highest BCUT2D eigenvalue weighted by Crippen LogP contribution is 2.29. The molecular weight excluding hydrogens is 294 g/mol. The third-order valence-electron chi connectivity index (χ3n) is 2.89. The fourth-order valence-corrected chi connectivity index (χ4v) is 5.27. The summed E-state index contributed by atoms with van der Waals surface area (Å²) >= 11 is 7.05. The number of ether oxygens (including phenoxy) is 1. The number of alkyl halides is 1. The molecule has 1 aliphatic heterocycles. The number of thiophene rings is 1. The molecule has 7 heteroatoms. The largest absolute Gasteiger partial charge is 0.380 e. The Hall–Kier alpha value is -0.140. The second kappa shape index (κ2) is 5.88.